The summed E-state index contributed by atoms with van der Waals surface area (Å²) in [5.41, 5.74) is 55.2. The van der Waals surface area contributed by atoms with Crippen LogP contribution in [-0.2, 0) is 33.6 Å². The summed E-state index contributed by atoms with van der Waals surface area (Å²) in [7, 11) is 0. The van der Waals surface area contributed by atoms with E-state index in [0.29, 0.717) is 142 Å². The van der Waals surface area contributed by atoms with Crippen LogP contribution >= 0.6 is 0 Å². The molecule has 0 unspecified atom stereocenters. The van der Waals surface area contributed by atoms with E-state index in [-0.39, 0.29) is 63.2 Å². The average Bonchev–Trinajstić information content (AvgIpc) is 3.35. The number of nitrogens with zero attached hydrogens (tertiary/aromatic N) is 4. The van der Waals surface area contributed by atoms with Crippen molar-refractivity contribution in [2.75, 3.05) is 72.0 Å². The Morgan fingerprint density at radius 1 is 0.423 bits per heavy atom. The Kier molecular flexibility index (Phi) is 41.1. The minimum atomic E-state index is -0.960. The van der Waals surface area contributed by atoms with E-state index < -0.39 is 59.9 Å². The van der Waals surface area contributed by atoms with Crippen LogP contribution < -0.4 is 77.8 Å². The molecule has 25 heteroatoms. The van der Waals surface area contributed by atoms with Crippen LogP contribution in [0, 0.1) is 0 Å². The Hall–Kier alpha value is -4.72. The van der Waals surface area contributed by atoms with Crippen molar-refractivity contribution >= 4 is 41.4 Å². The molecule has 0 aromatic rings. The van der Waals surface area contributed by atoms with Crippen molar-refractivity contribution < 1.29 is 33.6 Å². The molecule has 0 fully saturated rings. The van der Waals surface area contributed by atoms with Crippen LogP contribution in [0.15, 0.2) is 5.11 Å². The maximum atomic E-state index is 13.7. The lowest BCUT2D eigenvalue weighted by Gasteiger charge is -2.26. The SMILES string of the molecule is [N-]=[N+]=NCCCCCC(=O)N(CCNC(=O)[C@H](CCCCNC(=O)[C@@H](N)CCCCN)NC(=O)[C@@H](N)CCCCN)CCNC(=O)[C@H](CCCCNC(=O)[C@@H](N)CCCCN)NC(=O)[C@@H](N)CCCCN. The fourth-order valence-corrected chi connectivity index (χ4v) is 7.36. The van der Waals surface area contributed by atoms with E-state index in [1.54, 1.807) is 0 Å². The predicted molar refractivity (Wildman–Crippen MR) is 276 cm³/mol. The summed E-state index contributed by atoms with van der Waals surface area (Å²) in [6.07, 6.45) is 11.8. The van der Waals surface area contributed by atoms with Crippen molar-refractivity contribution in [3.05, 3.63) is 10.4 Å². The van der Waals surface area contributed by atoms with Gasteiger partial charge in [-0.25, -0.2) is 0 Å². The quantitative estimate of drug-likeness (QED) is 0.0140. The molecule has 0 rings (SSSR count). The van der Waals surface area contributed by atoms with Crippen molar-refractivity contribution in [2.45, 2.75) is 178 Å². The summed E-state index contributed by atoms with van der Waals surface area (Å²) in [6.45, 7) is 3.07. The van der Waals surface area contributed by atoms with Gasteiger partial charge in [0.15, 0.2) is 0 Å². The maximum absolute atomic E-state index is 13.7. The second-order valence-electron chi connectivity index (χ2n) is 18.0. The van der Waals surface area contributed by atoms with Crippen molar-refractivity contribution in [2.24, 2.45) is 51.0 Å². The first kappa shape index (κ1) is 66.3. The van der Waals surface area contributed by atoms with Gasteiger partial charge in [-0.3, -0.25) is 33.6 Å². The Labute approximate surface area is 421 Å². The number of azide groups is 1. The van der Waals surface area contributed by atoms with Crippen molar-refractivity contribution in [3.63, 3.8) is 0 Å². The zero-order chi connectivity index (χ0) is 53.1. The monoisotopic (exact) mass is 1010 g/mol. The van der Waals surface area contributed by atoms with Crippen molar-refractivity contribution in [1.82, 2.24) is 36.8 Å². The Bertz CT molecular complexity index is 1450. The number of rotatable bonds is 46. The van der Waals surface area contributed by atoms with Gasteiger partial charge in [0.2, 0.25) is 41.4 Å². The first-order valence-electron chi connectivity index (χ1n) is 26.0. The molecule has 0 radical (unpaired) electrons. The fraction of sp³-hybridized carbons (Fsp3) is 0.848. The predicted octanol–water partition coefficient (Wildman–Crippen LogP) is -1.71. The molecule has 7 amide bonds. The number of hydrogen-bond donors (Lipinski definition) is 14. The zero-order valence-electron chi connectivity index (χ0n) is 42.6. The molecule has 0 spiro atoms. The highest BCUT2D eigenvalue weighted by Gasteiger charge is 2.26. The molecular formula is C46H94N18O7. The second kappa shape index (κ2) is 44.0. The van der Waals surface area contributed by atoms with Crippen LogP contribution in [0.1, 0.15) is 141 Å². The summed E-state index contributed by atoms with van der Waals surface area (Å²) >= 11 is 0. The average molecular weight is 1010 g/mol. The largest absolute Gasteiger partial charge is 0.355 e. The third kappa shape index (κ3) is 34.3. The minimum Gasteiger partial charge on any atom is -0.355 e. The van der Waals surface area contributed by atoms with E-state index in [1.165, 1.54) is 4.90 Å². The third-order valence-corrected chi connectivity index (χ3v) is 11.9. The molecular weight excluding hydrogens is 917 g/mol. The molecule has 0 heterocycles. The summed E-state index contributed by atoms with van der Waals surface area (Å²) in [6, 6.07) is -4.93. The number of nitrogens with two attached hydrogens (primary N) is 8. The molecule has 25 nitrogen and oxygen atoms in total. The summed E-state index contributed by atoms with van der Waals surface area (Å²) in [5.74, 6) is -2.73. The summed E-state index contributed by atoms with van der Waals surface area (Å²) in [4.78, 5) is 96.3. The second-order valence-corrected chi connectivity index (χ2v) is 18.0. The number of amides is 7. The molecule has 0 saturated carbocycles. The number of nitrogens with one attached hydrogen (secondary N) is 6. The molecule has 22 N–H and O–H groups in total. The molecule has 0 aromatic heterocycles. The number of unbranched alkanes of at least 4 members (excludes halogenated alkanes) is 8. The van der Waals surface area contributed by atoms with Crippen LogP contribution in [0.5, 0.6) is 0 Å². The van der Waals surface area contributed by atoms with Gasteiger partial charge in [0.1, 0.15) is 12.1 Å². The molecule has 0 aliphatic heterocycles. The highest BCUT2D eigenvalue weighted by atomic mass is 16.2. The van der Waals surface area contributed by atoms with Gasteiger partial charge in [-0.15, -0.1) is 0 Å². The van der Waals surface area contributed by atoms with Crippen LogP contribution in [0.25, 0.3) is 10.4 Å². The van der Waals surface area contributed by atoms with E-state index in [1.807, 2.05) is 0 Å². The molecule has 0 saturated heterocycles. The molecule has 0 aromatic carbocycles. The van der Waals surface area contributed by atoms with Crippen LogP contribution in [0.3, 0.4) is 0 Å². The highest BCUT2D eigenvalue weighted by Crippen LogP contribution is 2.09. The zero-order valence-corrected chi connectivity index (χ0v) is 42.6. The van der Waals surface area contributed by atoms with E-state index in [2.05, 4.69) is 41.9 Å². The lowest BCUT2D eigenvalue weighted by atomic mass is 10.1. The van der Waals surface area contributed by atoms with Gasteiger partial charge in [-0.05, 0) is 134 Å². The van der Waals surface area contributed by atoms with Gasteiger partial charge in [0, 0.05) is 57.1 Å². The van der Waals surface area contributed by atoms with Gasteiger partial charge < -0.3 is 82.7 Å². The van der Waals surface area contributed by atoms with E-state index in [0.717, 1.165) is 25.7 Å². The number of hydrogen-bond acceptors (Lipinski definition) is 16. The molecule has 410 valence electrons. The summed E-state index contributed by atoms with van der Waals surface area (Å²) < 4.78 is 0. The smallest absolute Gasteiger partial charge is 0.242 e. The van der Waals surface area contributed by atoms with E-state index in [4.69, 9.17) is 51.4 Å². The Balaban J connectivity index is 5.88. The third-order valence-electron chi connectivity index (χ3n) is 11.9. The van der Waals surface area contributed by atoms with Crippen molar-refractivity contribution in [1.29, 1.82) is 0 Å². The molecule has 0 bridgehead atoms. The standard InChI is InChI=1S/C46H94N18O7/c47-23-9-3-16-34(51)41(66)56-27-14-7-20-38(61-43(68)36(53)18-5-11-25-49)45(70)58-30-32-64(40(65)22-2-1-13-29-60-63-55)33-31-59-46(71)39(62-44(69)37(54)19-6-12-26-50)21-8-15-28-57-42(67)35(52)17-4-10-24-48/h34-39H,1-33,47-54H2,(H,56,66)(H,57,67)(H,58,70)(H,59,71)(H,61,68)(H,62,69)/t34-,35-,36-,37-,38-,39-/m0/s1. The lowest BCUT2D eigenvalue weighted by Crippen LogP contribution is -2.53. The lowest BCUT2D eigenvalue weighted by molar-refractivity contribution is -0.133. The van der Waals surface area contributed by atoms with Gasteiger partial charge >= 0.3 is 0 Å². The van der Waals surface area contributed by atoms with E-state index >= 15 is 0 Å². The molecule has 0 aliphatic carbocycles. The molecule has 71 heavy (non-hydrogen) atoms. The van der Waals surface area contributed by atoms with Crippen LogP contribution in [-0.4, -0.2) is 154 Å². The first-order chi connectivity index (χ1) is 34.2. The minimum absolute atomic E-state index is 0.0122. The number of carbonyl (C=O) groups excluding carboxylic acids is 7. The van der Waals surface area contributed by atoms with E-state index in [9.17, 15) is 33.6 Å². The first-order valence-corrected chi connectivity index (χ1v) is 26.0. The number of carbonyl (C=O) groups is 7. The highest BCUT2D eigenvalue weighted by molar-refractivity contribution is 5.90. The maximum Gasteiger partial charge on any atom is 0.242 e. The Morgan fingerprint density at radius 3 is 1.14 bits per heavy atom. The fourth-order valence-electron chi connectivity index (χ4n) is 7.36. The van der Waals surface area contributed by atoms with Gasteiger partial charge in [-0.2, -0.15) is 0 Å². The van der Waals surface area contributed by atoms with Crippen LogP contribution in [0.2, 0.25) is 0 Å². The molecule has 0 aliphatic rings. The Morgan fingerprint density at radius 2 is 0.775 bits per heavy atom. The normalized spacial score (nSPS) is 13.6. The summed E-state index contributed by atoms with van der Waals surface area (Å²) in [5, 5.41) is 20.4. The van der Waals surface area contributed by atoms with Crippen molar-refractivity contribution in [3.8, 4) is 0 Å². The topological polar surface area (TPSA) is 452 Å². The van der Waals surface area contributed by atoms with Gasteiger partial charge in [0.25, 0.3) is 0 Å². The van der Waals surface area contributed by atoms with Crippen LogP contribution in [0.4, 0.5) is 0 Å². The van der Waals surface area contributed by atoms with Gasteiger partial charge in [-0.1, -0.05) is 37.2 Å². The van der Waals surface area contributed by atoms with Gasteiger partial charge in [0.05, 0.1) is 24.2 Å². The molecule has 6 atom stereocenters.